The number of ether oxygens (including phenoxy) is 2. The number of nitrogens with zero attached hydrogens (tertiary/aromatic N) is 4. The van der Waals surface area contributed by atoms with E-state index in [4.69, 9.17) is 9.47 Å². The summed E-state index contributed by atoms with van der Waals surface area (Å²) in [6, 6.07) is 13.5. The van der Waals surface area contributed by atoms with Crippen molar-refractivity contribution in [3.8, 4) is 11.5 Å². The molecule has 3 rings (SSSR count). The zero-order valence-corrected chi connectivity index (χ0v) is 20.6. The summed E-state index contributed by atoms with van der Waals surface area (Å²) in [5.74, 6) is 3.19. The van der Waals surface area contributed by atoms with Crippen LogP contribution < -0.4 is 20.1 Å². The summed E-state index contributed by atoms with van der Waals surface area (Å²) >= 11 is 0. The molecule has 1 aromatic carbocycles. The van der Waals surface area contributed by atoms with Crippen molar-refractivity contribution in [1.29, 1.82) is 0 Å². The van der Waals surface area contributed by atoms with Gasteiger partial charge in [-0.3, -0.25) is 4.40 Å². The SMILES string of the molecule is CCNC(=NCC(C)Oc1ccccc1OC)NCCCc1nnc2ccccn12.I. The number of hydrogen-bond acceptors (Lipinski definition) is 5. The van der Waals surface area contributed by atoms with Gasteiger partial charge in [0, 0.05) is 25.7 Å². The minimum Gasteiger partial charge on any atom is -0.493 e. The monoisotopic (exact) mass is 538 g/mol. The van der Waals surface area contributed by atoms with Crippen molar-refractivity contribution in [2.45, 2.75) is 32.8 Å². The first kappa shape index (κ1) is 24.7. The van der Waals surface area contributed by atoms with Crippen LogP contribution in [0.25, 0.3) is 5.65 Å². The second-order valence-corrected chi connectivity index (χ2v) is 6.87. The van der Waals surface area contributed by atoms with Gasteiger partial charge in [-0.05, 0) is 44.5 Å². The van der Waals surface area contributed by atoms with E-state index in [1.54, 1.807) is 7.11 Å². The van der Waals surface area contributed by atoms with E-state index in [1.165, 1.54) is 0 Å². The number of guanidine groups is 1. The molecule has 0 saturated carbocycles. The predicted octanol–water partition coefficient (Wildman–Crippen LogP) is 3.31. The normalized spacial score (nSPS) is 12.2. The largest absolute Gasteiger partial charge is 0.493 e. The maximum absolute atomic E-state index is 5.97. The number of rotatable bonds is 10. The molecule has 0 fully saturated rings. The standard InChI is InChI=1S/C22H30N6O2.HI/c1-4-23-22(25-16-17(2)30-19-11-6-5-10-18(19)29-3)24-14-9-13-21-27-26-20-12-7-8-15-28(20)21;/h5-8,10-12,15,17H,4,9,13-14,16H2,1-3H3,(H2,23,24,25);1H. The van der Waals surface area contributed by atoms with Crippen LogP contribution in [0, 0.1) is 0 Å². The molecule has 0 aliphatic rings. The molecule has 1 unspecified atom stereocenters. The van der Waals surface area contributed by atoms with Crippen LogP contribution in [0.3, 0.4) is 0 Å². The highest BCUT2D eigenvalue weighted by Gasteiger charge is 2.09. The molecule has 0 saturated heterocycles. The van der Waals surface area contributed by atoms with Crippen LogP contribution in [-0.2, 0) is 6.42 Å². The minimum atomic E-state index is -0.0842. The number of aryl methyl sites for hydroxylation is 1. The number of fused-ring (bicyclic) bond motifs is 1. The highest BCUT2D eigenvalue weighted by Crippen LogP contribution is 2.26. The maximum atomic E-state index is 5.97. The van der Waals surface area contributed by atoms with Gasteiger partial charge in [0.25, 0.3) is 0 Å². The van der Waals surface area contributed by atoms with Crippen LogP contribution in [-0.4, -0.2) is 53.4 Å². The summed E-state index contributed by atoms with van der Waals surface area (Å²) in [7, 11) is 1.64. The Balaban J connectivity index is 0.00000341. The Morgan fingerprint density at radius 1 is 1.10 bits per heavy atom. The van der Waals surface area contributed by atoms with E-state index >= 15 is 0 Å². The van der Waals surface area contributed by atoms with Crippen molar-refractivity contribution < 1.29 is 9.47 Å². The molecule has 0 bridgehead atoms. The number of para-hydroxylation sites is 2. The Labute approximate surface area is 200 Å². The van der Waals surface area contributed by atoms with E-state index in [-0.39, 0.29) is 30.1 Å². The molecular formula is C22H31IN6O2. The molecule has 0 radical (unpaired) electrons. The molecule has 1 atom stereocenters. The summed E-state index contributed by atoms with van der Waals surface area (Å²) in [5.41, 5.74) is 0.874. The second-order valence-electron chi connectivity index (χ2n) is 6.87. The van der Waals surface area contributed by atoms with Crippen LogP contribution in [0.15, 0.2) is 53.7 Å². The first-order chi connectivity index (χ1) is 14.7. The number of nitrogens with one attached hydrogen (secondary N) is 2. The molecule has 3 aromatic rings. The van der Waals surface area contributed by atoms with Gasteiger partial charge >= 0.3 is 0 Å². The number of aliphatic imine (C=N–C) groups is 1. The molecular weight excluding hydrogens is 507 g/mol. The van der Waals surface area contributed by atoms with Crippen molar-refractivity contribution in [2.24, 2.45) is 4.99 Å². The number of aromatic nitrogens is 3. The number of hydrogen-bond donors (Lipinski definition) is 2. The number of benzene rings is 1. The summed E-state index contributed by atoms with van der Waals surface area (Å²) in [6.07, 6.45) is 3.67. The number of methoxy groups -OCH3 is 1. The molecule has 31 heavy (non-hydrogen) atoms. The molecule has 168 valence electrons. The lowest BCUT2D eigenvalue weighted by Crippen LogP contribution is -2.38. The molecule has 2 aromatic heterocycles. The summed E-state index contributed by atoms with van der Waals surface area (Å²) in [4.78, 5) is 4.64. The van der Waals surface area contributed by atoms with Gasteiger partial charge < -0.3 is 20.1 Å². The molecule has 8 nitrogen and oxygen atoms in total. The van der Waals surface area contributed by atoms with Crippen molar-refractivity contribution in [2.75, 3.05) is 26.7 Å². The first-order valence-corrected chi connectivity index (χ1v) is 10.3. The predicted molar refractivity (Wildman–Crippen MR) is 134 cm³/mol. The minimum absolute atomic E-state index is 0. The fourth-order valence-electron chi connectivity index (χ4n) is 3.05. The molecule has 0 spiro atoms. The van der Waals surface area contributed by atoms with E-state index in [1.807, 2.05) is 66.9 Å². The Bertz CT molecular complexity index is 962. The van der Waals surface area contributed by atoms with Crippen molar-refractivity contribution in [1.82, 2.24) is 25.2 Å². The second kappa shape index (κ2) is 13.0. The van der Waals surface area contributed by atoms with E-state index < -0.39 is 0 Å². The van der Waals surface area contributed by atoms with Gasteiger partial charge in [0.15, 0.2) is 23.1 Å². The third kappa shape index (κ3) is 7.27. The third-order valence-electron chi connectivity index (χ3n) is 4.50. The van der Waals surface area contributed by atoms with Gasteiger partial charge in [-0.15, -0.1) is 34.2 Å². The van der Waals surface area contributed by atoms with Crippen LogP contribution in [0.4, 0.5) is 0 Å². The van der Waals surface area contributed by atoms with E-state index in [9.17, 15) is 0 Å². The summed E-state index contributed by atoms with van der Waals surface area (Å²) in [6.45, 7) is 6.16. The van der Waals surface area contributed by atoms with E-state index in [0.717, 1.165) is 54.9 Å². The number of halogens is 1. The highest BCUT2D eigenvalue weighted by atomic mass is 127. The highest BCUT2D eigenvalue weighted by molar-refractivity contribution is 14.0. The Kier molecular flexibility index (Phi) is 10.3. The number of pyridine rings is 1. The smallest absolute Gasteiger partial charge is 0.191 e. The van der Waals surface area contributed by atoms with Gasteiger partial charge in [0.05, 0.1) is 13.7 Å². The lowest BCUT2D eigenvalue weighted by Gasteiger charge is -2.16. The van der Waals surface area contributed by atoms with Gasteiger partial charge in [-0.2, -0.15) is 0 Å². The fourth-order valence-corrected chi connectivity index (χ4v) is 3.05. The third-order valence-corrected chi connectivity index (χ3v) is 4.50. The zero-order chi connectivity index (χ0) is 21.2. The van der Waals surface area contributed by atoms with Crippen LogP contribution in [0.2, 0.25) is 0 Å². The van der Waals surface area contributed by atoms with Gasteiger partial charge in [-0.25, -0.2) is 4.99 Å². The topological polar surface area (TPSA) is 85.1 Å². The van der Waals surface area contributed by atoms with Crippen LogP contribution in [0.5, 0.6) is 11.5 Å². The summed E-state index contributed by atoms with van der Waals surface area (Å²) in [5, 5.41) is 15.1. The van der Waals surface area contributed by atoms with Crippen molar-refractivity contribution in [3.63, 3.8) is 0 Å². The lowest BCUT2D eigenvalue weighted by atomic mass is 10.3. The van der Waals surface area contributed by atoms with Crippen molar-refractivity contribution >= 4 is 35.6 Å². The van der Waals surface area contributed by atoms with Crippen molar-refractivity contribution in [3.05, 3.63) is 54.5 Å². The average Bonchev–Trinajstić information content (AvgIpc) is 3.18. The molecule has 0 amide bonds. The lowest BCUT2D eigenvalue weighted by molar-refractivity contribution is 0.219. The first-order valence-electron chi connectivity index (χ1n) is 10.3. The molecule has 0 aliphatic heterocycles. The summed E-state index contributed by atoms with van der Waals surface area (Å²) < 4.78 is 13.3. The maximum Gasteiger partial charge on any atom is 0.191 e. The zero-order valence-electron chi connectivity index (χ0n) is 18.2. The van der Waals surface area contributed by atoms with E-state index in [2.05, 4.69) is 25.8 Å². The quantitative estimate of drug-likeness (QED) is 0.178. The molecule has 2 N–H and O–H groups in total. The Morgan fingerprint density at radius 2 is 1.87 bits per heavy atom. The Morgan fingerprint density at radius 3 is 2.65 bits per heavy atom. The van der Waals surface area contributed by atoms with Gasteiger partial charge in [-0.1, -0.05) is 18.2 Å². The van der Waals surface area contributed by atoms with Crippen LogP contribution >= 0.6 is 24.0 Å². The average molecular weight is 538 g/mol. The Hall–Kier alpha value is -2.56. The fraction of sp³-hybridized carbons (Fsp3) is 0.409. The molecule has 9 heteroatoms. The van der Waals surface area contributed by atoms with E-state index in [0.29, 0.717) is 6.54 Å². The van der Waals surface area contributed by atoms with Gasteiger partial charge in [0.1, 0.15) is 11.9 Å². The molecule has 0 aliphatic carbocycles. The van der Waals surface area contributed by atoms with Gasteiger partial charge in [0.2, 0.25) is 0 Å². The van der Waals surface area contributed by atoms with Crippen LogP contribution in [0.1, 0.15) is 26.1 Å². The molecule has 2 heterocycles.